The highest BCUT2D eigenvalue weighted by Gasteiger charge is 2.18. The van der Waals surface area contributed by atoms with Crippen molar-refractivity contribution in [3.05, 3.63) is 42.2 Å². The van der Waals surface area contributed by atoms with Gasteiger partial charge in [-0.05, 0) is 23.8 Å². The van der Waals surface area contributed by atoms with Crippen molar-refractivity contribution in [3.63, 3.8) is 0 Å². The first-order valence-corrected chi connectivity index (χ1v) is 7.20. The van der Waals surface area contributed by atoms with Gasteiger partial charge in [0.2, 0.25) is 5.91 Å². The molecule has 0 fully saturated rings. The molecule has 2 N–H and O–H groups in total. The number of fused-ring (bicyclic) bond motifs is 1. The Labute approximate surface area is 138 Å². The summed E-state index contributed by atoms with van der Waals surface area (Å²) >= 11 is 0. The summed E-state index contributed by atoms with van der Waals surface area (Å²) in [5, 5.41) is 0.624. The van der Waals surface area contributed by atoms with Gasteiger partial charge in [0.25, 0.3) is 0 Å². The second-order valence-corrected chi connectivity index (χ2v) is 5.16. The van der Waals surface area contributed by atoms with Crippen LogP contribution in [0.3, 0.4) is 0 Å². The third kappa shape index (κ3) is 2.62. The molecular formula is C18H17NO5. The van der Waals surface area contributed by atoms with E-state index in [1.54, 1.807) is 38.7 Å². The Morgan fingerprint density at radius 3 is 2.04 bits per heavy atom. The normalized spacial score (nSPS) is 10.6. The largest absolute Gasteiger partial charge is 0.497 e. The third-order valence-electron chi connectivity index (χ3n) is 3.81. The maximum Gasteiger partial charge on any atom is 0.249 e. The molecule has 0 aliphatic rings. The number of ether oxygens (including phenoxy) is 3. The lowest BCUT2D eigenvalue weighted by molar-refractivity contribution is 0.100. The summed E-state index contributed by atoms with van der Waals surface area (Å²) in [5.74, 6) is 1.21. The molecule has 1 heterocycles. The van der Waals surface area contributed by atoms with Gasteiger partial charge in [0.1, 0.15) is 22.8 Å². The topological polar surface area (TPSA) is 83.9 Å². The van der Waals surface area contributed by atoms with E-state index in [9.17, 15) is 4.79 Å². The summed E-state index contributed by atoms with van der Waals surface area (Å²) in [6.45, 7) is 0. The van der Waals surface area contributed by atoms with Crippen molar-refractivity contribution in [2.45, 2.75) is 0 Å². The molecular weight excluding hydrogens is 310 g/mol. The van der Waals surface area contributed by atoms with E-state index in [1.807, 2.05) is 12.1 Å². The van der Waals surface area contributed by atoms with Crippen LogP contribution in [0.5, 0.6) is 17.2 Å². The molecule has 6 heteroatoms. The summed E-state index contributed by atoms with van der Waals surface area (Å²) in [4.78, 5) is 11.9. The van der Waals surface area contributed by atoms with Gasteiger partial charge in [0.15, 0.2) is 0 Å². The lowest BCUT2D eigenvalue weighted by atomic mass is 9.99. The lowest BCUT2D eigenvalue weighted by Gasteiger charge is -2.09. The van der Waals surface area contributed by atoms with Gasteiger partial charge in [-0.25, -0.2) is 0 Å². The van der Waals surface area contributed by atoms with E-state index >= 15 is 0 Å². The number of hydrogen-bond acceptors (Lipinski definition) is 5. The second-order valence-electron chi connectivity index (χ2n) is 5.16. The quantitative estimate of drug-likeness (QED) is 0.778. The van der Waals surface area contributed by atoms with Crippen LogP contribution in [0.2, 0.25) is 0 Å². The average Bonchev–Trinajstić information content (AvgIpc) is 3.03. The fraction of sp³-hybridized carbons (Fsp3) is 0.167. The SMILES string of the molecule is COc1cc(OC)cc(-c2coc3cc(OC)cc(C(N)=O)c23)c1. The first-order valence-electron chi connectivity index (χ1n) is 7.20. The van der Waals surface area contributed by atoms with Gasteiger partial charge in [0, 0.05) is 23.1 Å². The van der Waals surface area contributed by atoms with E-state index in [4.69, 9.17) is 24.4 Å². The number of carbonyl (C=O) groups excluding carboxylic acids is 1. The molecule has 1 aromatic heterocycles. The number of methoxy groups -OCH3 is 3. The molecule has 0 aliphatic carbocycles. The van der Waals surface area contributed by atoms with Gasteiger partial charge in [-0.2, -0.15) is 0 Å². The van der Waals surface area contributed by atoms with E-state index in [2.05, 4.69) is 0 Å². The maximum absolute atomic E-state index is 11.9. The number of primary amides is 1. The number of rotatable bonds is 5. The molecule has 24 heavy (non-hydrogen) atoms. The van der Waals surface area contributed by atoms with Crippen molar-refractivity contribution in [1.82, 2.24) is 0 Å². The number of benzene rings is 2. The minimum atomic E-state index is -0.559. The van der Waals surface area contributed by atoms with Crippen molar-refractivity contribution in [3.8, 4) is 28.4 Å². The fourth-order valence-corrected chi connectivity index (χ4v) is 2.63. The zero-order valence-corrected chi connectivity index (χ0v) is 13.6. The molecule has 0 atom stereocenters. The van der Waals surface area contributed by atoms with Gasteiger partial charge in [-0.3, -0.25) is 4.79 Å². The second kappa shape index (κ2) is 6.16. The Hall–Kier alpha value is -3.15. The molecule has 0 spiro atoms. The zero-order chi connectivity index (χ0) is 17.3. The summed E-state index contributed by atoms with van der Waals surface area (Å²) in [6, 6.07) is 8.75. The molecule has 0 saturated carbocycles. The van der Waals surface area contributed by atoms with Crippen LogP contribution in [0.25, 0.3) is 22.1 Å². The van der Waals surface area contributed by atoms with Crippen LogP contribution >= 0.6 is 0 Å². The number of amides is 1. The van der Waals surface area contributed by atoms with Crippen LogP contribution in [-0.2, 0) is 0 Å². The van der Waals surface area contributed by atoms with E-state index in [0.29, 0.717) is 33.8 Å². The Morgan fingerprint density at radius 1 is 0.917 bits per heavy atom. The van der Waals surface area contributed by atoms with Gasteiger partial charge >= 0.3 is 0 Å². The van der Waals surface area contributed by atoms with Crippen molar-refractivity contribution in [2.75, 3.05) is 21.3 Å². The van der Waals surface area contributed by atoms with E-state index < -0.39 is 5.91 Å². The minimum absolute atomic E-state index is 0.329. The fourth-order valence-electron chi connectivity index (χ4n) is 2.63. The molecule has 0 radical (unpaired) electrons. The minimum Gasteiger partial charge on any atom is -0.497 e. The Bertz CT molecular complexity index is 891. The number of carbonyl (C=O) groups is 1. The van der Waals surface area contributed by atoms with Crippen LogP contribution in [0.4, 0.5) is 0 Å². The van der Waals surface area contributed by atoms with Crippen LogP contribution in [0.15, 0.2) is 41.0 Å². The predicted octanol–water partition coefficient (Wildman–Crippen LogP) is 3.22. The first-order chi connectivity index (χ1) is 11.6. The zero-order valence-electron chi connectivity index (χ0n) is 13.6. The molecule has 0 aliphatic heterocycles. The molecule has 3 aromatic rings. The lowest BCUT2D eigenvalue weighted by Crippen LogP contribution is -2.11. The van der Waals surface area contributed by atoms with E-state index in [1.165, 1.54) is 7.11 Å². The summed E-state index contributed by atoms with van der Waals surface area (Å²) in [5.41, 5.74) is 7.89. The number of hydrogen-bond donors (Lipinski definition) is 1. The van der Waals surface area contributed by atoms with Crippen LogP contribution in [0, 0.1) is 0 Å². The highest BCUT2D eigenvalue weighted by atomic mass is 16.5. The van der Waals surface area contributed by atoms with E-state index in [0.717, 1.165) is 11.1 Å². The van der Waals surface area contributed by atoms with Gasteiger partial charge in [-0.15, -0.1) is 0 Å². The molecule has 3 rings (SSSR count). The van der Waals surface area contributed by atoms with Crippen LogP contribution < -0.4 is 19.9 Å². The monoisotopic (exact) mass is 327 g/mol. The molecule has 0 unspecified atom stereocenters. The Balaban J connectivity index is 2.29. The van der Waals surface area contributed by atoms with E-state index in [-0.39, 0.29) is 0 Å². The summed E-state index contributed by atoms with van der Waals surface area (Å²) in [7, 11) is 4.67. The number of nitrogens with two attached hydrogens (primary N) is 1. The summed E-state index contributed by atoms with van der Waals surface area (Å²) in [6.07, 6.45) is 1.57. The Kier molecular flexibility index (Phi) is 4.04. The highest BCUT2D eigenvalue weighted by Crippen LogP contribution is 2.38. The number of furan rings is 1. The molecule has 0 saturated heterocycles. The standard InChI is InChI=1S/C18H17NO5/c1-21-11-4-10(5-12(6-11)22-2)15-9-24-16-8-13(23-3)7-14(17(15)16)18(19)20/h4-9H,1-3H3,(H2,19,20). The average molecular weight is 327 g/mol. The maximum atomic E-state index is 11.9. The van der Waals surface area contributed by atoms with Crippen molar-refractivity contribution < 1.29 is 23.4 Å². The molecule has 0 bridgehead atoms. The first kappa shape index (κ1) is 15.7. The van der Waals surface area contributed by atoms with Gasteiger partial charge in [0.05, 0.1) is 33.2 Å². The molecule has 1 amide bonds. The van der Waals surface area contributed by atoms with Crippen molar-refractivity contribution >= 4 is 16.9 Å². The third-order valence-corrected chi connectivity index (χ3v) is 3.81. The van der Waals surface area contributed by atoms with Crippen LogP contribution in [-0.4, -0.2) is 27.2 Å². The predicted molar refractivity (Wildman–Crippen MR) is 89.8 cm³/mol. The molecule has 6 nitrogen and oxygen atoms in total. The van der Waals surface area contributed by atoms with Gasteiger partial charge in [-0.1, -0.05) is 0 Å². The van der Waals surface area contributed by atoms with Gasteiger partial charge < -0.3 is 24.4 Å². The highest BCUT2D eigenvalue weighted by molar-refractivity contribution is 6.11. The molecule has 2 aromatic carbocycles. The summed E-state index contributed by atoms with van der Waals surface area (Å²) < 4.78 is 21.4. The Morgan fingerprint density at radius 2 is 1.50 bits per heavy atom. The molecule has 124 valence electrons. The van der Waals surface area contributed by atoms with Crippen molar-refractivity contribution in [1.29, 1.82) is 0 Å². The van der Waals surface area contributed by atoms with Crippen molar-refractivity contribution in [2.24, 2.45) is 5.73 Å². The van der Waals surface area contributed by atoms with Crippen LogP contribution in [0.1, 0.15) is 10.4 Å². The smallest absolute Gasteiger partial charge is 0.249 e.